The predicted octanol–water partition coefficient (Wildman–Crippen LogP) is -0.303. The predicted molar refractivity (Wildman–Crippen MR) is 80.5 cm³/mol. The molecule has 0 radical (unpaired) electrons. The van der Waals surface area contributed by atoms with Gasteiger partial charge in [0.2, 0.25) is 4.96 Å². The van der Waals surface area contributed by atoms with Crippen molar-refractivity contribution in [2.24, 2.45) is 0 Å². The third kappa shape index (κ3) is 3.46. The Morgan fingerprint density at radius 2 is 2.48 bits per heavy atom. The van der Waals surface area contributed by atoms with E-state index in [4.69, 9.17) is 0 Å². The molecule has 0 spiro atoms. The van der Waals surface area contributed by atoms with Crippen LogP contribution in [0.3, 0.4) is 0 Å². The highest BCUT2D eigenvalue weighted by Crippen LogP contribution is 2.10. The van der Waals surface area contributed by atoms with Crippen molar-refractivity contribution in [3.8, 4) is 0 Å². The molecule has 114 valence electrons. The molecule has 1 atom stereocenters. The molecule has 1 aliphatic heterocycles. The first-order valence-electron chi connectivity index (χ1n) is 7.15. The average molecular weight is 309 g/mol. The normalized spacial score (nSPS) is 18.9. The van der Waals surface area contributed by atoms with E-state index in [2.05, 4.69) is 20.3 Å². The Morgan fingerprint density at radius 1 is 1.57 bits per heavy atom. The van der Waals surface area contributed by atoms with Gasteiger partial charge in [-0.25, -0.2) is 4.98 Å². The van der Waals surface area contributed by atoms with Gasteiger partial charge in [0.05, 0.1) is 12.3 Å². The summed E-state index contributed by atoms with van der Waals surface area (Å²) in [5.41, 5.74) is 2.19. The van der Waals surface area contributed by atoms with Crippen molar-refractivity contribution in [1.29, 1.82) is 0 Å². The topological polar surface area (TPSA) is 82.8 Å². The quantitative estimate of drug-likeness (QED) is 0.762. The van der Waals surface area contributed by atoms with E-state index < -0.39 is 0 Å². The Kier molecular flexibility index (Phi) is 4.59. The number of aliphatic hydroxyl groups is 1. The zero-order valence-corrected chi connectivity index (χ0v) is 12.6. The zero-order chi connectivity index (χ0) is 14.7. The number of fused-ring (bicyclic) bond motifs is 1. The maximum Gasteiger partial charge on any atom is 0.275 e. The van der Waals surface area contributed by atoms with E-state index in [1.165, 1.54) is 28.3 Å². The molecule has 2 N–H and O–H groups in total. The molecule has 0 aliphatic carbocycles. The fourth-order valence-electron chi connectivity index (χ4n) is 2.71. The van der Waals surface area contributed by atoms with Gasteiger partial charge in [0.15, 0.2) is 0 Å². The number of hydrogen-bond acceptors (Lipinski definition) is 7. The third-order valence-corrected chi connectivity index (χ3v) is 4.36. The van der Waals surface area contributed by atoms with E-state index >= 15 is 0 Å². The Morgan fingerprint density at radius 3 is 3.24 bits per heavy atom. The summed E-state index contributed by atoms with van der Waals surface area (Å²) in [6.45, 7) is 3.19. The molecule has 0 bridgehead atoms. The van der Waals surface area contributed by atoms with Crippen LogP contribution in [0.25, 0.3) is 4.96 Å². The summed E-state index contributed by atoms with van der Waals surface area (Å²) < 4.78 is 1.31. The number of rotatable bonds is 6. The first-order valence-corrected chi connectivity index (χ1v) is 8.03. The molecule has 3 rings (SSSR count). The van der Waals surface area contributed by atoms with Crippen LogP contribution in [0.2, 0.25) is 0 Å². The van der Waals surface area contributed by atoms with Crippen LogP contribution in [0.4, 0.5) is 0 Å². The summed E-state index contributed by atoms with van der Waals surface area (Å²) >= 11 is 1.35. The molecule has 0 amide bonds. The average Bonchev–Trinajstić information content (AvgIpc) is 3.10. The van der Waals surface area contributed by atoms with Gasteiger partial charge in [0.1, 0.15) is 5.51 Å². The lowest BCUT2D eigenvalue weighted by Crippen LogP contribution is -2.39. The standard InChI is InChI=1S/C13H19N5O2S/c19-5-4-17(7-10-2-1-3-14-10)8-11-6-12(20)18-13(16-11)21-9-15-18/h6,9-10,14,19H,1-5,7-8H2. The Bertz CT molecular complexity index is 649. The molecule has 3 heterocycles. The van der Waals surface area contributed by atoms with Gasteiger partial charge in [0, 0.05) is 31.7 Å². The lowest BCUT2D eigenvalue weighted by Gasteiger charge is -2.24. The molecule has 0 saturated carbocycles. The molecule has 8 heteroatoms. The lowest BCUT2D eigenvalue weighted by molar-refractivity contribution is 0.177. The fourth-order valence-corrected chi connectivity index (χ4v) is 3.35. The highest BCUT2D eigenvalue weighted by atomic mass is 32.1. The van der Waals surface area contributed by atoms with Crippen molar-refractivity contribution < 1.29 is 5.11 Å². The maximum absolute atomic E-state index is 11.9. The van der Waals surface area contributed by atoms with Crippen LogP contribution in [-0.2, 0) is 6.54 Å². The van der Waals surface area contributed by atoms with Crippen molar-refractivity contribution in [3.63, 3.8) is 0 Å². The molecule has 1 aliphatic rings. The summed E-state index contributed by atoms with van der Waals surface area (Å²) in [4.78, 5) is 19.2. The number of aromatic nitrogens is 3. The van der Waals surface area contributed by atoms with Gasteiger partial charge >= 0.3 is 0 Å². The van der Waals surface area contributed by atoms with E-state index in [9.17, 15) is 9.90 Å². The van der Waals surface area contributed by atoms with E-state index in [-0.39, 0.29) is 12.2 Å². The molecule has 21 heavy (non-hydrogen) atoms. The third-order valence-electron chi connectivity index (χ3n) is 3.68. The smallest absolute Gasteiger partial charge is 0.275 e. The number of hydrogen-bond donors (Lipinski definition) is 2. The molecular formula is C13H19N5O2S. The van der Waals surface area contributed by atoms with Gasteiger partial charge in [-0.05, 0) is 19.4 Å². The van der Waals surface area contributed by atoms with E-state index in [0.29, 0.717) is 24.1 Å². The van der Waals surface area contributed by atoms with Crippen molar-refractivity contribution in [1.82, 2.24) is 24.8 Å². The summed E-state index contributed by atoms with van der Waals surface area (Å²) in [7, 11) is 0. The molecule has 7 nitrogen and oxygen atoms in total. The molecule has 0 aromatic carbocycles. The molecular weight excluding hydrogens is 290 g/mol. The first-order chi connectivity index (χ1) is 10.3. The van der Waals surface area contributed by atoms with Crippen LogP contribution >= 0.6 is 11.3 Å². The van der Waals surface area contributed by atoms with Crippen LogP contribution in [-0.4, -0.2) is 56.9 Å². The second-order valence-electron chi connectivity index (χ2n) is 5.27. The largest absolute Gasteiger partial charge is 0.395 e. The minimum Gasteiger partial charge on any atom is -0.395 e. The molecule has 2 aromatic heterocycles. The fraction of sp³-hybridized carbons (Fsp3) is 0.615. The first kappa shape index (κ1) is 14.6. The second-order valence-corrected chi connectivity index (χ2v) is 6.08. The van der Waals surface area contributed by atoms with Crippen molar-refractivity contribution in [2.75, 3.05) is 26.2 Å². The number of nitrogens with one attached hydrogen (secondary N) is 1. The van der Waals surface area contributed by atoms with Gasteiger partial charge in [-0.2, -0.15) is 9.61 Å². The van der Waals surface area contributed by atoms with Gasteiger partial charge in [-0.1, -0.05) is 11.3 Å². The Balaban J connectivity index is 1.74. The second kappa shape index (κ2) is 6.61. The van der Waals surface area contributed by atoms with Crippen molar-refractivity contribution in [3.05, 3.63) is 27.6 Å². The molecule has 2 aromatic rings. The van der Waals surface area contributed by atoms with Gasteiger partial charge in [-0.3, -0.25) is 9.69 Å². The van der Waals surface area contributed by atoms with E-state index in [1.54, 1.807) is 5.51 Å². The Labute approximate surface area is 126 Å². The summed E-state index contributed by atoms with van der Waals surface area (Å²) in [6.07, 6.45) is 2.36. The Hall–Kier alpha value is -1.35. The lowest BCUT2D eigenvalue weighted by atomic mass is 10.2. The van der Waals surface area contributed by atoms with E-state index in [0.717, 1.165) is 25.2 Å². The minimum atomic E-state index is -0.154. The van der Waals surface area contributed by atoms with Crippen molar-refractivity contribution in [2.45, 2.75) is 25.4 Å². The number of aliphatic hydroxyl groups excluding tert-OH is 1. The SMILES string of the molecule is O=c1cc(CN(CCO)CC2CCCN2)nc2scnn12. The maximum atomic E-state index is 11.9. The summed E-state index contributed by atoms with van der Waals surface area (Å²) in [5.74, 6) is 0. The highest BCUT2D eigenvalue weighted by Gasteiger charge is 2.18. The molecule has 1 unspecified atom stereocenters. The van der Waals surface area contributed by atoms with Crippen LogP contribution in [0, 0.1) is 0 Å². The summed E-state index contributed by atoms with van der Waals surface area (Å²) in [6, 6.07) is 1.99. The van der Waals surface area contributed by atoms with Crippen LogP contribution in [0.1, 0.15) is 18.5 Å². The number of nitrogens with zero attached hydrogens (tertiary/aromatic N) is 4. The zero-order valence-electron chi connectivity index (χ0n) is 11.7. The highest BCUT2D eigenvalue weighted by molar-refractivity contribution is 7.14. The minimum absolute atomic E-state index is 0.106. The van der Waals surface area contributed by atoms with E-state index in [1.807, 2.05) is 0 Å². The van der Waals surface area contributed by atoms with Crippen LogP contribution in [0.5, 0.6) is 0 Å². The van der Waals surface area contributed by atoms with Crippen LogP contribution in [0.15, 0.2) is 16.4 Å². The van der Waals surface area contributed by atoms with Gasteiger partial charge in [-0.15, -0.1) is 0 Å². The van der Waals surface area contributed by atoms with Crippen LogP contribution < -0.4 is 10.9 Å². The molecule has 1 saturated heterocycles. The van der Waals surface area contributed by atoms with Gasteiger partial charge < -0.3 is 10.4 Å². The van der Waals surface area contributed by atoms with Crippen molar-refractivity contribution >= 4 is 16.3 Å². The van der Waals surface area contributed by atoms with Gasteiger partial charge in [0.25, 0.3) is 5.56 Å². The summed E-state index contributed by atoms with van der Waals surface area (Å²) in [5, 5.41) is 16.6. The monoisotopic (exact) mass is 309 g/mol. The molecule has 1 fully saturated rings.